The van der Waals surface area contributed by atoms with Gasteiger partial charge in [0.2, 0.25) is 5.89 Å². The van der Waals surface area contributed by atoms with Crippen LogP contribution in [0.15, 0.2) is 4.52 Å². The van der Waals surface area contributed by atoms with Crippen LogP contribution in [0.1, 0.15) is 51.2 Å². The molecule has 0 radical (unpaired) electrons. The molecule has 1 aromatic rings. The SMILES string of the molecule is CCCNC(Cc1nc(C2CCOC2)no1)C(C)C. The standard InChI is InChI=1S/C14H25N3O2/c1-4-6-15-12(10(2)3)8-13-16-14(17-19-13)11-5-7-18-9-11/h10-12,15H,4-9H2,1-3H3. The molecule has 1 aliphatic heterocycles. The van der Waals surface area contributed by atoms with Gasteiger partial charge < -0.3 is 14.6 Å². The number of ether oxygens (including phenoxy) is 1. The summed E-state index contributed by atoms with van der Waals surface area (Å²) >= 11 is 0. The van der Waals surface area contributed by atoms with Crippen LogP contribution in [0.25, 0.3) is 0 Å². The summed E-state index contributed by atoms with van der Waals surface area (Å²) in [4.78, 5) is 4.52. The van der Waals surface area contributed by atoms with E-state index in [1.807, 2.05) is 0 Å². The van der Waals surface area contributed by atoms with Crippen molar-refractivity contribution in [1.82, 2.24) is 15.5 Å². The maximum atomic E-state index is 5.38. The van der Waals surface area contributed by atoms with Crippen LogP contribution in [0.5, 0.6) is 0 Å². The lowest BCUT2D eigenvalue weighted by Gasteiger charge is -2.20. The van der Waals surface area contributed by atoms with Crippen molar-refractivity contribution in [2.45, 2.75) is 52.0 Å². The van der Waals surface area contributed by atoms with Gasteiger partial charge in [0.1, 0.15) is 0 Å². The van der Waals surface area contributed by atoms with E-state index < -0.39 is 0 Å². The molecule has 1 N–H and O–H groups in total. The normalized spacial score (nSPS) is 21.2. The molecule has 19 heavy (non-hydrogen) atoms. The van der Waals surface area contributed by atoms with Gasteiger partial charge >= 0.3 is 0 Å². The Kier molecular flexibility index (Phi) is 5.34. The van der Waals surface area contributed by atoms with Crippen LogP contribution in [-0.4, -0.2) is 35.9 Å². The van der Waals surface area contributed by atoms with Crippen LogP contribution in [0.3, 0.4) is 0 Å². The van der Waals surface area contributed by atoms with E-state index in [0.717, 1.165) is 50.7 Å². The van der Waals surface area contributed by atoms with E-state index in [-0.39, 0.29) is 0 Å². The van der Waals surface area contributed by atoms with Gasteiger partial charge in [0.15, 0.2) is 5.82 Å². The summed E-state index contributed by atoms with van der Waals surface area (Å²) in [5, 5.41) is 7.64. The Balaban J connectivity index is 1.93. The van der Waals surface area contributed by atoms with Crippen molar-refractivity contribution in [2.24, 2.45) is 5.92 Å². The molecule has 2 rings (SSSR count). The highest BCUT2D eigenvalue weighted by molar-refractivity contribution is 4.98. The fourth-order valence-electron chi connectivity index (χ4n) is 2.32. The van der Waals surface area contributed by atoms with Gasteiger partial charge in [0.05, 0.1) is 6.61 Å². The molecule has 1 aliphatic rings. The molecule has 5 heteroatoms. The van der Waals surface area contributed by atoms with E-state index in [0.29, 0.717) is 17.9 Å². The van der Waals surface area contributed by atoms with E-state index in [2.05, 4.69) is 36.2 Å². The number of rotatable bonds is 7. The van der Waals surface area contributed by atoms with Crippen LogP contribution >= 0.6 is 0 Å². The highest BCUT2D eigenvalue weighted by Crippen LogP contribution is 2.22. The lowest BCUT2D eigenvalue weighted by atomic mass is 10.0. The van der Waals surface area contributed by atoms with Crippen molar-refractivity contribution in [1.29, 1.82) is 0 Å². The fourth-order valence-corrected chi connectivity index (χ4v) is 2.32. The average Bonchev–Trinajstić information content (AvgIpc) is 3.04. The maximum absolute atomic E-state index is 5.38. The van der Waals surface area contributed by atoms with E-state index in [1.165, 1.54) is 0 Å². The summed E-state index contributed by atoms with van der Waals surface area (Å²) in [5.74, 6) is 2.42. The van der Waals surface area contributed by atoms with Crippen molar-refractivity contribution >= 4 is 0 Å². The number of aromatic nitrogens is 2. The monoisotopic (exact) mass is 267 g/mol. The Morgan fingerprint density at radius 1 is 1.42 bits per heavy atom. The molecule has 0 bridgehead atoms. The van der Waals surface area contributed by atoms with Gasteiger partial charge in [-0.15, -0.1) is 0 Å². The second kappa shape index (κ2) is 7.01. The summed E-state index contributed by atoms with van der Waals surface area (Å²) in [7, 11) is 0. The Labute approximate surface area is 115 Å². The predicted octanol–water partition coefficient (Wildman–Crippen LogP) is 2.14. The lowest BCUT2D eigenvalue weighted by Crippen LogP contribution is -2.36. The molecular formula is C14H25N3O2. The zero-order chi connectivity index (χ0) is 13.7. The van der Waals surface area contributed by atoms with Gasteiger partial charge in [0.25, 0.3) is 0 Å². The molecular weight excluding hydrogens is 242 g/mol. The summed E-state index contributed by atoms with van der Waals surface area (Å²) in [6.45, 7) is 9.17. The maximum Gasteiger partial charge on any atom is 0.228 e. The summed E-state index contributed by atoms with van der Waals surface area (Å²) in [6, 6.07) is 0.396. The molecule has 2 atom stereocenters. The first-order valence-electron chi connectivity index (χ1n) is 7.34. The molecule has 2 heterocycles. The Morgan fingerprint density at radius 2 is 2.26 bits per heavy atom. The largest absolute Gasteiger partial charge is 0.381 e. The smallest absolute Gasteiger partial charge is 0.228 e. The minimum absolute atomic E-state index is 0.318. The van der Waals surface area contributed by atoms with Crippen LogP contribution in [0, 0.1) is 5.92 Å². The number of nitrogens with zero attached hydrogens (tertiary/aromatic N) is 2. The van der Waals surface area contributed by atoms with Crippen molar-refractivity contribution in [3.8, 4) is 0 Å². The van der Waals surface area contributed by atoms with E-state index in [4.69, 9.17) is 9.26 Å². The third kappa shape index (κ3) is 4.01. The molecule has 0 aromatic carbocycles. The lowest BCUT2D eigenvalue weighted by molar-refractivity contribution is 0.192. The molecule has 5 nitrogen and oxygen atoms in total. The van der Waals surface area contributed by atoms with Crippen LogP contribution in [0.2, 0.25) is 0 Å². The van der Waals surface area contributed by atoms with Crippen molar-refractivity contribution in [2.75, 3.05) is 19.8 Å². The van der Waals surface area contributed by atoms with Crippen molar-refractivity contribution < 1.29 is 9.26 Å². The van der Waals surface area contributed by atoms with Gasteiger partial charge in [-0.1, -0.05) is 25.9 Å². The summed E-state index contributed by atoms with van der Waals surface area (Å²) in [5.41, 5.74) is 0. The Hall–Kier alpha value is -0.940. The van der Waals surface area contributed by atoms with E-state index in [1.54, 1.807) is 0 Å². The number of hydrogen-bond donors (Lipinski definition) is 1. The molecule has 1 aromatic heterocycles. The van der Waals surface area contributed by atoms with Crippen LogP contribution < -0.4 is 5.32 Å². The minimum Gasteiger partial charge on any atom is -0.381 e. The molecule has 2 unspecified atom stereocenters. The molecule has 108 valence electrons. The quantitative estimate of drug-likeness (QED) is 0.820. The molecule has 0 saturated carbocycles. The van der Waals surface area contributed by atoms with E-state index in [9.17, 15) is 0 Å². The molecule has 0 aliphatic carbocycles. The Bertz CT molecular complexity index is 373. The van der Waals surface area contributed by atoms with E-state index >= 15 is 0 Å². The van der Waals surface area contributed by atoms with Crippen molar-refractivity contribution in [3.63, 3.8) is 0 Å². The van der Waals surface area contributed by atoms with Crippen molar-refractivity contribution in [3.05, 3.63) is 11.7 Å². The first kappa shape index (κ1) is 14.5. The molecule has 0 amide bonds. The van der Waals surface area contributed by atoms with Gasteiger partial charge in [-0.2, -0.15) is 4.98 Å². The summed E-state index contributed by atoms with van der Waals surface area (Å²) in [6.07, 6.45) is 2.94. The number of nitrogens with one attached hydrogen (secondary N) is 1. The third-order valence-electron chi connectivity index (χ3n) is 3.63. The molecule has 1 saturated heterocycles. The zero-order valence-corrected chi connectivity index (χ0v) is 12.2. The second-order valence-electron chi connectivity index (χ2n) is 5.62. The first-order valence-corrected chi connectivity index (χ1v) is 7.34. The predicted molar refractivity (Wildman–Crippen MR) is 73.1 cm³/mol. The zero-order valence-electron chi connectivity index (χ0n) is 12.2. The van der Waals surface area contributed by atoms with Crippen LogP contribution in [0.4, 0.5) is 0 Å². The second-order valence-corrected chi connectivity index (χ2v) is 5.62. The topological polar surface area (TPSA) is 60.2 Å². The number of hydrogen-bond acceptors (Lipinski definition) is 5. The fraction of sp³-hybridized carbons (Fsp3) is 0.857. The van der Waals surface area contributed by atoms with Gasteiger partial charge in [0, 0.05) is 25.0 Å². The average molecular weight is 267 g/mol. The highest BCUT2D eigenvalue weighted by atomic mass is 16.5. The third-order valence-corrected chi connectivity index (χ3v) is 3.63. The first-order chi connectivity index (χ1) is 9.20. The van der Waals surface area contributed by atoms with Gasteiger partial charge in [-0.05, 0) is 25.3 Å². The summed E-state index contributed by atoms with van der Waals surface area (Å²) < 4.78 is 10.7. The molecule has 0 spiro atoms. The van der Waals surface area contributed by atoms with Gasteiger partial charge in [-0.3, -0.25) is 0 Å². The molecule has 1 fully saturated rings. The highest BCUT2D eigenvalue weighted by Gasteiger charge is 2.24. The van der Waals surface area contributed by atoms with Gasteiger partial charge in [-0.25, -0.2) is 0 Å². The Morgan fingerprint density at radius 3 is 2.89 bits per heavy atom. The van der Waals surface area contributed by atoms with Crippen LogP contribution in [-0.2, 0) is 11.2 Å². The minimum atomic E-state index is 0.318.